The molecule has 0 aliphatic carbocycles. The highest BCUT2D eigenvalue weighted by Gasteiger charge is 2.45. The predicted molar refractivity (Wildman–Crippen MR) is 79.6 cm³/mol. The van der Waals surface area contributed by atoms with Crippen molar-refractivity contribution < 1.29 is 9.53 Å². The molecule has 1 aromatic heterocycles. The molecule has 1 amide bonds. The van der Waals surface area contributed by atoms with E-state index in [0.29, 0.717) is 5.92 Å². The van der Waals surface area contributed by atoms with Crippen LogP contribution in [0.5, 0.6) is 0 Å². The van der Waals surface area contributed by atoms with E-state index in [4.69, 9.17) is 4.74 Å². The number of carbonyl (C=O) groups excluding carboxylic acids is 1. The summed E-state index contributed by atoms with van der Waals surface area (Å²) < 4.78 is 5.65. The standard InChI is InChI=1S/C16H23N3O2/c1-12(20)19-7-5-16(21-2)14-10-18(11-15(14)19)9-13-4-3-6-17-8-13/h3-4,6,8,14-16H,5,7,9-11H2,1-2H3/t14-,15+,16-/m1/s1. The topological polar surface area (TPSA) is 45.7 Å². The molecule has 0 aromatic carbocycles. The van der Waals surface area contributed by atoms with Crippen LogP contribution in [0.1, 0.15) is 18.9 Å². The van der Waals surface area contributed by atoms with Crippen LogP contribution in [-0.4, -0.2) is 59.6 Å². The number of hydrogen-bond acceptors (Lipinski definition) is 4. The van der Waals surface area contributed by atoms with Crippen LogP contribution in [0.25, 0.3) is 0 Å². The summed E-state index contributed by atoms with van der Waals surface area (Å²) in [6.45, 7) is 5.30. The second-order valence-electron chi connectivity index (χ2n) is 6.06. The number of aromatic nitrogens is 1. The number of pyridine rings is 1. The number of hydrogen-bond donors (Lipinski definition) is 0. The second-order valence-corrected chi connectivity index (χ2v) is 6.06. The number of likely N-dealkylation sites (tertiary alicyclic amines) is 2. The number of methoxy groups -OCH3 is 1. The van der Waals surface area contributed by atoms with Crippen molar-refractivity contribution in [3.05, 3.63) is 30.1 Å². The van der Waals surface area contributed by atoms with Crippen LogP contribution >= 0.6 is 0 Å². The minimum Gasteiger partial charge on any atom is -0.381 e. The number of nitrogens with zero attached hydrogens (tertiary/aromatic N) is 3. The molecule has 0 unspecified atom stereocenters. The van der Waals surface area contributed by atoms with Gasteiger partial charge in [0.2, 0.25) is 5.91 Å². The van der Waals surface area contributed by atoms with E-state index in [1.54, 1.807) is 20.2 Å². The normalized spacial score (nSPS) is 29.4. The Labute approximate surface area is 125 Å². The molecule has 5 nitrogen and oxygen atoms in total. The van der Waals surface area contributed by atoms with E-state index in [9.17, 15) is 4.79 Å². The maximum Gasteiger partial charge on any atom is 0.219 e. The molecular weight excluding hydrogens is 266 g/mol. The fraction of sp³-hybridized carbons (Fsp3) is 0.625. The summed E-state index contributed by atoms with van der Waals surface area (Å²) in [5.41, 5.74) is 1.22. The lowest BCUT2D eigenvalue weighted by atomic mass is 9.89. The van der Waals surface area contributed by atoms with Crippen molar-refractivity contribution in [3.63, 3.8) is 0 Å². The molecule has 0 spiro atoms. The van der Waals surface area contributed by atoms with Gasteiger partial charge in [-0.1, -0.05) is 6.07 Å². The van der Waals surface area contributed by atoms with E-state index in [0.717, 1.165) is 32.6 Å². The number of piperidine rings is 1. The Hall–Kier alpha value is -1.46. The summed E-state index contributed by atoms with van der Waals surface area (Å²) in [7, 11) is 1.79. The fourth-order valence-electron chi connectivity index (χ4n) is 3.80. The molecule has 0 N–H and O–H groups in total. The Balaban J connectivity index is 1.72. The van der Waals surface area contributed by atoms with E-state index in [-0.39, 0.29) is 18.1 Å². The minimum absolute atomic E-state index is 0.183. The van der Waals surface area contributed by atoms with Crippen molar-refractivity contribution in [3.8, 4) is 0 Å². The molecule has 2 fully saturated rings. The van der Waals surface area contributed by atoms with Gasteiger partial charge >= 0.3 is 0 Å². The number of amides is 1. The molecule has 0 bridgehead atoms. The van der Waals surface area contributed by atoms with Gasteiger partial charge in [0.15, 0.2) is 0 Å². The molecule has 2 aliphatic rings. The molecule has 1 aromatic rings. The van der Waals surface area contributed by atoms with Crippen LogP contribution in [0.3, 0.4) is 0 Å². The van der Waals surface area contributed by atoms with Gasteiger partial charge in [0.1, 0.15) is 0 Å². The Morgan fingerprint density at radius 1 is 1.48 bits per heavy atom. The molecule has 114 valence electrons. The summed E-state index contributed by atoms with van der Waals surface area (Å²) in [6.07, 6.45) is 4.92. The van der Waals surface area contributed by atoms with Gasteiger partial charge in [0, 0.05) is 58.5 Å². The number of fused-ring (bicyclic) bond motifs is 1. The van der Waals surface area contributed by atoms with E-state index in [2.05, 4.69) is 16.0 Å². The molecule has 5 heteroatoms. The lowest BCUT2D eigenvalue weighted by Gasteiger charge is -2.40. The summed E-state index contributed by atoms with van der Waals surface area (Å²) in [4.78, 5) is 20.5. The van der Waals surface area contributed by atoms with Gasteiger partial charge in [-0.15, -0.1) is 0 Å². The highest BCUT2D eigenvalue weighted by atomic mass is 16.5. The zero-order valence-electron chi connectivity index (χ0n) is 12.7. The van der Waals surface area contributed by atoms with Crippen LogP contribution in [-0.2, 0) is 16.1 Å². The molecule has 3 rings (SSSR count). The van der Waals surface area contributed by atoms with Crippen LogP contribution in [0.4, 0.5) is 0 Å². The van der Waals surface area contributed by atoms with Crippen molar-refractivity contribution >= 4 is 5.91 Å². The molecule has 2 saturated heterocycles. The van der Waals surface area contributed by atoms with Crippen molar-refractivity contribution in [2.24, 2.45) is 5.92 Å². The van der Waals surface area contributed by atoms with Gasteiger partial charge in [-0.05, 0) is 18.1 Å². The van der Waals surface area contributed by atoms with E-state index < -0.39 is 0 Å². The monoisotopic (exact) mass is 289 g/mol. The highest BCUT2D eigenvalue weighted by Crippen LogP contribution is 2.33. The first-order valence-corrected chi connectivity index (χ1v) is 7.60. The first kappa shape index (κ1) is 14.5. The second kappa shape index (κ2) is 6.12. The third kappa shape index (κ3) is 2.94. The van der Waals surface area contributed by atoms with Gasteiger partial charge in [0.05, 0.1) is 12.1 Å². The quantitative estimate of drug-likeness (QED) is 0.837. The smallest absolute Gasteiger partial charge is 0.219 e. The van der Waals surface area contributed by atoms with Gasteiger partial charge < -0.3 is 9.64 Å². The van der Waals surface area contributed by atoms with Crippen LogP contribution in [0.2, 0.25) is 0 Å². The number of carbonyl (C=O) groups is 1. The zero-order valence-corrected chi connectivity index (χ0v) is 12.7. The maximum atomic E-state index is 11.9. The molecule has 21 heavy (non-hydrogen) atoms. The predicted octanol–water partition coefficient (Wildman–Crippen LogP) is 1.15. The van der Waals surface area contributed by atoms with Crippen molar-refractivity contribution in [1.82, 2.24) is 14.8 Å². The molecule has 2 aliphatic heterocycles. The van der Waals surface area contributed by atoms with Crippen molar-refractivity contribution in [2.45, 2.75) is 32.0 Å². The summed E-state index contributed by atoms with van der Waals surface area (Å²) in [5, 5.41) is 0. The van der Waals surface area contributed by atoms with Gasteiger partial charge in [-0.2, -0.15) is 0 Å². The van der Waals surface area contributed by atoms with Crippen LogP contribution in [0.15, 0.2) is 24.5 Å². The van der Waals surface area contributed by atoms with E-state index in [1.807, 2.05) is 17.2 Å². The average Bonchev–Trinajstić information content (AvgIpc) is 2.90. The van der Waals surface area contributed by atoms with E-state index >= 15 is 0 Å². The summed E-state index contributed by atoms with van der Waals surface area (Å²) in [5.74, 6) is 0.604. The SMILES string of the molecule is CO[C@@H]1CCN(C(C)=O)[C@H]2CN(Cc3cccnc3)C[C@@H]12. The highest BCUT2D eigenvalue weighted by molar-refractivity contribution is 5.73. The van der Waals surface area contributed by atoms with Crippen molar-refractivity contribution in [2.75, 3.05) is 26.7 Å². The molecule has 3 atom stereocenters. The first-order chi connectivity index (χ1) is 10.2. The zero-order chi connectivity index (χ0) is 14.8. The van der Waals surface area contributed by atoms with Gasteiger partial charge in [-0.3, -0.25) is 14.7 Å². The van der Waals surface area contributed by atoms with Crippen molar-refractivity contribution in [1.29, 1.82) is 0 Å². The summed E-state index contributed by atoms with van der Waals surface area (Å²) >= 11 is 0. The van der Waals surface area contributed by atoms with Crippen LogP contribution < -0.4 is 0 Å². The fourth-order valence-corrected chi connectivity index (χ4v) is 3.80. The maximum absolute atomic E-state index is 11.9. The van der Waals surface area contributed by atoms with Crippen LogP contribution in [0, 0.1) is 5.92 Å². The number of rotatable bonds is 3. The Bertz CT molecular complexity index is 494. The lowest BCUT2D eigenvalue weighted by molar-refractivity contribution is -0.136. The third-order valence-electron chi connectivity index (χ3n) is 4.78. The Morgan fingerprint density at radius 3 is 3.00 bits per heavy atom. The summed E-state index contributed by atoms with van der Waals surface area (Å²) in [6, 6.07) is 4.36. The molecular formula is C16H23N3O2. The number of ether oxygens (including phenoxy) is 1. The largest absolute Gasteiger partial charge is 0.381 e. The van der Waals surface area contributed by atoms with Gasteiger partial charge in [0.25, 0.3) is 0 Å². The molecule has 3 heterocycles. The van der Waals surface area contributed by atoms with Gasteiger partial charge in [-0.25, -0.2) is 0 Å². The molecule has 0 radical (unpaired) electrons. The molecule has 0 saturated carbocycles. The Kier molecular flexibility index (Phi) is 4.22. The first-order valence-electron chi connectivity index (χ1n) is 7.60. The third-order valence-corrected chi connectivity index (χ3v) is 4.78. The lowest BCUT2D eigenvalue weighted by Crippen LogP contribution is -2.52. The Morgan fingerprint density at radius 2 is 2.33 bits per heavy atom. The minimum atomic E-state index is 0.183. The average molecular weight is 289 g/mol. The van der Waals surface area contributed by atoms with E-state index in [1.165, 1.54) is 5.56 Å².